The minimum atomic E-state index is -0.828. The summed E-state index contributed by atoms with van der Waals surface area (Å²) in [5.74, 6) is 0. The predicted molar refractivity (Wildman–Crippen MR) is 66.6 cm³/mol. The van der Waals surface area contributed by atoms with Crippen LogP contribution in [0.3, 0.4) is 0 Å². The van der Waals surface area contributed by atoms with Crippen LogP contribution in [-0.4, -0.2) is 22.3 Å². The lowest BCUT2D eigenvalue weighted by Gasteiger charge is -2.44. The van der Waals surface area contributed by atoms with Gasteiger partial charge in [0.05, 0.1) is 17.9 Å². The molecule has 94 valence electrons. The maximum Gasteiger partial charge on any atom is 0.111 e. The molecule has 3 heteroatoms. The number of hydrogen-bond donors (Lipinski definition) is 1. The second-order valence-electron chi connectivity index (χ2n) is 4.91. The lowest BCUT2D eigenvalue weighted by molar-refractivity contribution is -0.168. The van der Waals surface area contributed by atoms with Crippen molar-refractivity contribution in [1.82, 2.24) is 4.98 Å². The van der Waals surface area contributed by atoms with Gasteiger partial charge in [0.15, 0.2) is 0 Å². The van der Waals surface area contributed by atoms with Crippen LogP contribution in [0.5, 0.6) is 0 Å². The zero-order valence-electron chi connectivity index (χ0n) is 10.6. The van der Waals surface area contributed by atoms with E-state index in [1.54, 1.807) is 6.20 Å². The smallest absolute Gasteiger partial charge is 0.111 e. The molecule has 1 aliphatic heterocycles. The molecular weight excluding hydrogens is 214 g/mol. The van der Waals surface area contributed by atoms with Gasteiger partial charge in [-0.15, -0.1) is 0 Å². The third kappa shape index (κ3) is 2.35. The SMILES string of the molecule is CCC1(CC)CC(O)(c2ccccn2)CCO1. The highest BCUT2D eigenvalue weighted by molar-refractivity contribution is 5.15. The normalized spacial score (nSPS) is 27.9. The molecular formula is C14H21NO2. The summed E-state index contributed by atoms with van der Waals surface area (Å²) >= 11 is 0. The first-order valence-corrected chi connectivity index (χ1v) is 6.42. The van der Waals surface area contributed by atoms with E-state index in [0.717, 1.165) is 18.5 Å². The molecule has 0 amide bonds. The standard InChI is InChI=1S/C14H21NO2/c1-3-13(4-2)11-14(16,8-10-17-13)12-7-5-6-9-15-12/h5-7,9,16H,3-4,8,10-11H2,1-2H3. The lowest BCUT2D eigenvalue weighted by Crippen LogP contribution is -2.47. The topological polar surface area (TPSA) is 42.4 Å². The summed E-state index contributed by atoms with van der Waals surface area (Å²) in [5.41, 5.74) is -0.245. The molecule has 1 aromatic rings. The summed E-state index contributed by atoms with van der Waals surface area (Å²) < 4.78 is 5.89. The summed E-state index contributed by atoms with van der Waals surface area (Å²) in [6.07, 6.45) is 4.87. The molecule has 1 fully saturated rings. The van der Waals surface area contributed by atoms with Crippen molar-refractivity contribution in [2.24, 2.45) is 0 Å². The van der Waals surface area contributed by atoms with Gasteiger partial charge in [-0.25, -0.2) is 0 Å². The van der Waals surface area contributed by atoms with Gasteiger partial charge < -0.3 is 9.84 Å². The number of rotatable bonds is 3. The molecule has 2 rings (SSSR count). The van der Waals surface area contributed by atoms with E-state index in [1.165, 1.54) is 0 Å². The Morgan fingerprint density at radius 1 is 1.35 bits per heavy atom. The van der Waals surface area contributed by atoms with Gasteiger partial charge in [-0.1, -0.05) is 19.9 Å². The summed E-state index contributed by atoms with van der Waals surface area (Å²) in [4.78, 5) is 4.30. The van der Waals surface area contributed by atoms with E-state index in [2.05, 4.69) is 18.8 Å². The van der Waals surface area contributed by atoms with Crippen molar-refractivity contribution < 1.29 is 9.84 Å². The Balaban J connectivity index is 2.26. The first kappa shape index (κ1) is 12.5. The minimum absolute atomic E-state index is 0.190. The van der Waals surface area contributed by atoms with Crippen LogP contribution in [0.1, 0.15) is 45.2 Å². The summed E-state index contributed by atoms with van der Waals surface area (Å²) in [6, 6.07) is 5.70. The average molecular weight is 235 g/mol. The van der Waals surface area contributed by atoms with Crippen LogP contribution in [-0.2, 0) is 10.3 Å². The zero-order valence-corrected chi connectivity index (χ0v) is 10.6. The molecule has 0 aromatic carbocycles. The zero-order chi connectivity index (χ0) is 12.4. The second kappa shape index (κ2) is 4.75. The molecule has 0 radical (unpaired) electrons. The molecule has 0 saturated carbocycles. The van der Waals surface area contributed by atoms with Crippen LogP contribution in [0.25, 0.3) is 0 Å². The van der Waals surface area contributed by atoms with Crippen LogP contribution < -0.4 is 0 Å². The van der Waals surface area contributed by atoms with E-state index in [-0.39, 0.29) is 5.60 Å². The van der Waals surface area contributed by atoms with Gasteiger partial charge in [0.1, 0.15) is 5.60 Å². The van der Waals surface area contributed by atoms with Crippen molar-refractivity contribution in [3.8, 4) is 0 Å². The molecule has 1 N–H and O–H groups in total. The van der Waals surface area contributed by atoms with Gasteiger partial charge in [0.2, 0.25) is 0 Å². The fourth-order valence-corrected chi connectivity index (χ4v) is 2.67. The van der Waals surface area contributed by atoms with E-state index >= 15 is 0 Å². The maximum absolute atomic E-state index is 10.8. The quantitative estimate of drug-likeness (QED) is 0.875. The third-order valence-corrected chi connectivity index (χ3v) is 3.97. The van der Waals surface area contributed by atoms with Gasteiger partial charge in [-0.05, 0) is 25.0 Å². The summed E-state index contributed by atoms with van der Waals surface area (Å²) in [5, 5.41) is 10.8. The number of aliphatic hydroxyl groups is 1. The number of pyridine rings is 1. The Hall–Kier alpha value is -0.930. The molecule has 17 heavy (non-hydrogen) atoms. The van der Waals surface area contributed by atoms with E-state index in [4.69, 9.17) is 4.74 Å². The molecule has 0 spiro atoms. The highest BCUT2D eigenvalue weighted by Gasteiger charge is 2.44. The van der Waals surface area contributed by atoms with Crippen LogP contribution in [0.15, 0.2) is 24.4 Å². The summed E-state index contributed by atoms with van der Waals surface area (Å²) in [7, 11) is 0. The molecule has 1 saturated heterocycles. The van der Waals surface area contributed by atoms with E-state index < -0.39 is 5.60 Å². The molecule has 3 nitrogen and oxygen atoms in total. The first-order chi connectivity index (χ1) is 8.14. The van der Waals surface area contributed by atoms with E-state index in [1.807, 2.05) is 18.2 Å². The van der Waals surface area contributed by atoms with Gasteiger partial charge >= 0.3 is 0 Å². The fourth-order valence-electron chi connectivity index (χ4n) is 2.67. The van der Waals surface area contributed by atoms with Crippen molar-refractivity contribution in [3.05, 3.63) is 30.1 Å². The Bertz CT molecular complexity index is 362. The fraction of sp³-hybridized carbons (Fsp3) is 0.643. The van der Waals surface area contributed by atoms with Gasteiger partial charge in [0, 0.05) is 19.0 Å². The molecule has 2 heterocycles. The van der Waals surface area contributed by atoms with Crippen molar-refractivity contribution in [3.63, 3.8) is 0 Å². The van der Waals surface area contributed by atoms with Crippen LogP contribution >= 0.6 is 0 Å². The van der Waals surface area contributed by atoms with Gasteiger partial charge in [0.25, 0.3) is 0 Å². The van der Waals surface area contributed by atoms with E-state index in [9.17, 15) is 5.11 Å². The maximum atomic E-state index is 10.8. The Morgan fingerprint density at radius 2 is 2.12 bits per heavy atom. The third-order valence-electron chi connectivity index (χ3n) is 3.97. The highest BCUT2D eigenvalue weighted by atomic mass is 16.5. The molecule has 1 atom stereocenters. The molecule has 1 aromatic heterocycles. The average Bonchev–Trinajstić information content (AvgIpc) is 2.40. The van der Waals surface area contributed by atoms with Crippen LogP contribution in [0.2, 0.25) is 0 Å². The molecule has 0 bridgehead atoms. The predicted octanol–water partition coefficient (Wildman–Crippen LogP) is 2.64. The number of ether oxygens (including phenoxy) is 1. The number of aromatic nitrogens is 1. The van der Waals surface area contributed by atoms with Gasteiger partial charge in [-0.3, -0.25) is 4.98 Å². The van der Waals surface area contributed by atoms with Crippen molar-refractivity contribution >= 4 is 0 Å². The van der Waals surface area contributed by atoms with Crippen molar-refractivity contribution in [1.29, 1.82) is 0 Å². The molecule has 0 aliphatic carbocycles. The minimum Gasteiger partial charge on any atom is -0.383 e. The van der Waals surface area contributed by atoms with Crippen LogP contribution in [0, 0.1) is 0 Å². The largest absolute Gasteiger partial charge is 0.383 e. The Kier molecular flexibility index (Phi) is 3.50. The van der Waals surface area contributed by atoms with Gasteiger partial charge in [-0.2, -0.15) is 0 Å². The Labute approximate surface area is 103 Å². The first-order valence-electron chi connectivity index (χ1n) is 6.42. The van der Waals surface area contributed by atoms with Crippen molar-refractivity contribution in [2.75, 3.05) is 6.61 Å². The monoisotopic (exact) mass is 235 g/mol. The molecule has 1 aliphatic rings. The highest BCUT2D eigenvalue weighted by Crippen LogP contribution is 2.41. The lowest BCUT2D eigenvalue weighted by atomic mass is 9.77. The Morgan fingerprint density at radius 3 is 2.71 bits per heavy atom. The summed E-state index contributed by atoms with van der Waals surface area (Å²) in [6.45, 7) is 4.84. The number of hydrogen-bond acceptors (Lipinski definition) is 3. The second-order valence-corrected chi connectivity index (χ2v) is 4.91. The van der Waals surface area contributed by atoms with Crippen molar-refractivity contribution in [2.45, 2.75) is 50.7 Å². The number of nitrogens with zero attached hydrogens (tertiary/aromatic N) is 1. The van der Waals surface area contributed by atoms with E-state index in [0.29, 0.717) is 19.4 Å². The van der Waals surface area contributed by atoms with Crippen LogP contribution in [0.4, 0.5) is 0 Å². The molecule has 1 unspecified atom stereocenters.